The summed E-state index contributed by atoms with van der Waals surface area (Å²) in [5.41, 5.74) is 2.92. The molecule has 0 amide bonds. The highest BCUT2D eigenvalue weighted by Gasteiger charge is 2.03. The smallest absolute Gasteiger partial charge is 0.120 e. The van der Waals surface area contributed by atoms with Crippen molar-refractivity contribution in [2.75, 3.05) is 5.32 Å². The SMILES string of the molecule is Clc1cccc(COc2cccc(CNc3cc(Cl)ccc3Cl)c2)c1. The molecule has 0 heterocycles. The predicted molar refractivity (Wildman–Crippen MR) is 106 cm³/mol. The van der Waals surface area contributed by atoms with Crippen molar-refractivity contribution in [3.05, 3.63) is 92.9 Å². The van der Waals surface area contributed by atoms with E-state index in [-0.39, 0.29) is 0 Å². The number of nitrogens with one attached hydrogen (secondary N) is 1. The van der Waals surface area contributed by atoms with E-state index in [4.69, 9.17) is 39.5 Å². The van der Waals surface area contributed by atoms with E-state index >= 15 is 0 Å². The van der Waals surface area contributed by atoms with Gasteiger partial charge in [-0.2, -0.15) is 0 Å². The Morgan fingerprint density at radius 1 is 0.760 bits per heavy atom. The summed E-state index contributed by atoms with van der Waals surface area (Å²) in [5.74, 6) is 0.802. The summed E-state index contributed by atoms with van der Waals surface area (Å²) in [7, 11) is 0. The average Bonchev–Trinajstić information content (AvgIpc) is 2.61. The van der Waals surface area contributed by atoms with Crippen LogP contribution in [0.15, 0.2) is 66.7 Å². The first-order chi connectivity index (χ1) is 12.1. The summed E-state index contributed by atoms with van der Waals surface area (Å²) in [6.45, 7) is 1.09. The molecule has 3 rings (SSSR count). The van der Waals surface area contributed by atoms with Gasteiger partial charge in [-0.15, -0.1) is 0 Å². The number of anilines is 1. The fraction of sp³-hybridized carbons (Fsp3) is 0.100. The van der Waals surface area contributed by atoms with Crippen molar-refractivity contribution in [3.8, 4) is 5.75 Å². The maximum Gasteiger partial charge on any atom is 0.120 e. The van der Waals surface area contributed by atoms with Gasteiger partial charge in [-0.05, 0) is 53.6 Å². The van der Waals surface area contributed by atoms with Crippen LogP contribution < -0.4 is 10.1 Å². The Kier molecular flexibility index (Phi) is 6.09. The van der Waals surface area contributed by atoms with Crippen molar-refractivity contribution in [1.29, 1.82) is 0 Å². The van der Waals surface area contributed by atoms with Gasteiger partial charge in [0, 0.05) is 16.6 Å². The molecule has 0 unspecified atom stereocenters. The van der Waals surface area contributed by atoms with Crippen LogP contribution in [0.1, 0.15) is 11.1 Å². The van der Waals surface area contributed by atoms with Crippen molar-refractivity contribution >= 4 is 40.5 Å². The van der Waals surface area contributed by atoms with Gasteiger partial charge in [0.25, 0.3) is 0 Å². The number of benzene rings is 3. The lowest BCUT2D eigenvalue weighted by Crippen LogP contribution is -2.01. The number of ether oxygens (including phenoxy) is 1. The van der Waals surface area contributed by atoms with Gasteiger partial charge >= 0.3 is 0 Å². The molecule has 5 heteroatoms. The van der Waals surface area contributed by atoms with E-state index in [1.54, 1.807) is 12.1 Å². The zero-order valence-electron chi connectivity index (χ0n) is 13.3. The first kappa shape index (κ1) is 17.9. The number of hydrogen-bond acceptors (Lipinski definition) is 2. The predicted octanol–water partition coefficient (Wildman–Crippen LogP) is 6.84. The lowest BCUT2D eigenvalue weighted by molar-refractivity contribution is 0.306. The highest BCUT2D eigenvalue weighted by atomic mass is 35.5. The molecule has 3 aromatic carbocycles. The van der Waals surface area contributed by atoms with Crippen molar-refractivity contribution < 1.29 is 4.74 Å². The van der Waals surface area contributed by atoms with Crippen LogP contribution in [0.2, 0.25) is 15.1 Å². The Bertz CT molecular complexity index is 867. The normalized spacial score (nSPS) is 10.5. The van der Waals surface area contributed by atoms with Crippen molar-refractivity contribution in [3.63, 3.8) is 0 Å². The molecular weight excluding hydrogens is 377 g/mol. The van der Waals surface area contributed by atoms with E-state index in [2.05, 4.69) is 5.32 Å². The van der Waals surface area contributed by atoms with E-state index in [1.807, 2.05) is 54.6 Å². The molecule has 128 valence electrons. The monoisotopic (exact) mass is 391 g/mol. The van der Waals surface area contributed by atoms with E-state index in [1.165, 1.54) is 0 Å². The number of rotatable bonds is 6. The first-order valence-corrected chi connectivity index (χ1v) is 8.89. The van der Waals surface area contributed by atoms with Crippen LogP contribution in [0.4, 0.5) is 5.69 Å². The quantitative estimate of drug-likeness (QED) is 0.496. The molecule has 0 bridgehead atoms. The van der Waals surface area contributed by atoms with Crippen molar-refractivity contribution in [2.24, 2.45) is 0 Å². The van der Waals surface area contributed by atoms with E-state index in [9.17, 15) is 0 Å². The minimum Gasteiger partial charge on any atom is -0.489 e. The summed E-state index contributed by atoms with van der Waals surface area (Å²) in [4.78, 5) is 0. The molecule has 0 atom stereocenters. The van der Waals surface area contributed by atoms with Gasteiger partial charge in [-0.3, -0.25) is 0 Å². The minimum atomic E-state index is 0.470. The fourth-order valence-corrected chi connectivity index (χ4v) is 2.94. The highest BCUT2D eigenvalue weighted by molar-refractivity contribution is 6.35. The summed E-state index contributed by atoms with van der Waals surface area (Å²) in [5, 5.41) is 5.28. The van der Waals surface area contributed by atoms with Gasteiger partial charge in [0.2, 0.25) is 0 Å². The molecule has 1 N–H and O–H groups in total. The van der Waals surface area contributed by atoms with Crippen LogP contribution in [0.3, 0.4) is 0 Å². The fourth-order valence-electron chi connectivity index (χ4n) is 2.37. The standard InChI is InChI=1S/C20H16Cl3NO/c21-16-5-1-4-15(9-16)13-25-18-6-2-3-14(10-18)12-24-20-11-17(22)7-8-19(20)23/h1-11,24H,12-13H2. The molecule has 3 aromatic rings. The molecule has 0 aliphatic rings. The zero-order valence-corrected chi connectivity index (χ0v) is 15.6. The second kappa shape index (κ2) is 8.48. The third kappa shape index (κ3) is 5.30. The largest absolute Gasteiger partial charge is 0.489 e. The van der Waals surface area contributed by atoms with Crippen LogP contribution in [0, 0.1) is 0 Å². The second-order valence-corrected chi connectivity index (χ2v) is 6.82. The van der Waals surface area contributed by atoms with Crippen LogP contribution in [0.25, 0.3) is 0 Å². The summed E-state index contributed by atoms with van der Waals surface area (Å²) < 4.78 is 5.85. The van der Waals surface area contributed by atoms with Crippen LogP contribution >= 0.6 is 34.8 Å². The number of halogens is 3. The van der Waals surface area contributed by atoms with Gasteiger partial charge < -0.3 is 10.1 Å². The number of hydrogen-bond donors (Lipinski definition) is 1. The maximum absolute atomic E-state index is 6.17. The molecule has 0 fully saturated rings. The van der Waals surface area contributed by atoms with E-state index in [0.717, 1.165) is 22.6 Å². The molecule has 0 saturated carbocycles. The van der Waals surface area contributed by atoms with Crippen LogP contribution in [-0.2, 0) is 13.2 Å². The summed E-state index contributed by atoms with van der Waals surface area (Å²) in [6, 6.07) is 20.9. The molecule has 0 aliphatic heterocycles. The molecule has 0 aromatic heterocycles. The Labute approximate surface area is 162 Å². The Morgan fingerprint density at radius 2 is 1.52 bits per heavy atom. The lowest BCUT2D eigenvalue weighted by Gasteiger charge is -2.11. The zero-order chi connectivity index (χ0) is 17.6. The molecule has 0 spiro atoms. The third-order valence-corrected chi connectivity index (χ3v) is 4.40. The van der Waals surface area contributed by atoms with Gasteiger partial charge in [-0.1, -0.05) is 59.1 Å². The molecule has 0 saturated heterocycles. The highest BCUT2D eigenvalue weighted by Crippen LogP contribution is 2.26. The summed E-state index contributed by atoms with van der Waals surface area (Å²) in [6.07, 6.45) is 0. The molecule has 0 aliphatic carbocycles. The topological polar surface area (TPSA) is 21.3 Å². The van der Waals surface area contributed by atoms with Gasteiger partial charge in [0.1, 0.15) is 12.4 Å². The Morgan fingerprint density at radius 3 is 2.36 bits per heavy atom. The molecule has 0 radical (unpaired) electrons. The lowest BCUT2D eigenvalue weighted by atomic mass is 10.2. The Balaban J connectivity index is 1.62. The maximum atomic E-state index is 6.17. The first-order valence-electron chi connectivity index (χ1n) is 7.75. The van der Waals surface area contributed by atoms with Gasteiger partial charge in [-0.25, -0.2) is 0 Å². The van der Waals surface area contributed by atoms with Crippen LogP contribution in [0.5, 0.6) is 5.75 Å². The summed E-state index contributed by atoms with van der Waals surface area (Å²) >= 11 is 18.2. The van der Waals surface area contributed by atoms with Gasteiger partial charge in [0.15, 0.2) is 0 Å². The molecule has 25 heavy (non-hydrogen) atoms. The van der Waals surface area contributed by atoms with E-state index in [0.29, 0.717) is 28.2 Å². The average molecular weight is 393 g/mol. The van der Waals surface area contributed by atoms with E-state index < -0.39 is 0 Å². The third-order valence-electron chi connectivity index (χ3n) is 3.60. The minimum absolute atomic E-state index is 0.470. The van der Waals surface area contributed by atoms with Crippen molar-refractivity contribution in [2.45, 2.75) is 13.2 Å². The second-order valence-electron chi connectivity index (χ2n) is 5.54. The Hall–Kier alpha value is -1.87. The molecular formula is C20H16Cl3NO. The van der Waals surface area contributed by atoms with Gasteiger partial charge in [0.05, 0.1) is 10.7 Å². The van der Waals surface area contributed by atoms with Crippen LogP contribution in [-0.4, -0.2) is 0 Å². The molecule has 2 nitrogen and oxygen atoms in total. The van der Waals surface area contributed by atoms with Crippen molar-refractivity contribution in [1.82, 2.24) is 0 Å².